The number of halogens is 3. The van der Waals surface area contributed by atoms with Gasteiger partial charge in [0.25, 0.3) is 11.3 Å². The van der Waals surface area contributed by atoms with Gasteiger partial charge in [-0.1, -0.05) is 30.3 Å². The number of hydrogen-bond donors (Lipinski definition) is 1. The van der Waals surface area contributed by atoms with E-state index in [-0.39, 0.29) is 61.3 Å². The van der Waals surface area contributed by atoms with Gasteiger partial charge in [-0.05, 0) is 67.6 Å². The number of aromatic hydroxyl groups is 1. The summed E-state index contributed by atoms with van der Waals surface area (Å²) in [5.41, 5.74) is 2.20. The maximum Gasteiger partial charge on any atom is 0.455 e. The number of ketones is 1. The van der Waals surface area contributed by atoms with Gasteiger partial charge >= 0.3 is 6.18 Å². The van der Waals surface area contributed by atoms with Gasteiger partial charge in [-0.15, -0.1) is 0 Å². The van der Waals surface area contributed by atoms with E-state index in [4.69, 9.17) is 0 Å². The Kier molecular flexibility index (Phi) is 9.80. The van der Waals surface area contributed by atoms with E-state index in [0.29, 0.717) is 10.9 Å². The van der Waals surface area contributed by atoms with Crippen molar-refractivity contribution in [3.05, 3.63) is 100 Å². The molecule has 0 spiro atoms. The van der Waals surface area contributed by atoms with Crippen LogP contribution in [-0.4, -0.2) is 31.6 Å². The molecule has 1 N–H and O–H groups in total. The van der Waals surface area contributed by atoms with E-state index in [2.05, 4.69) is 23.8 Å². The minimum atomic E-state index is -5.24. The molecule has 39 heavy (non-hydrogen) atoms. The number of aryl methyl sites for hydroxylation is 3. The minimum Gasteiger partial charge on any atom is -0.506 e. The van der Waals surface area contributed by atoms with Crippen molar-refractivity contribution in [2.24, 2.45) is 0 Å². The Labute approximate surface area is 263 Å². The van der Waals surface area contributed by atoms with Gasteiger partial charge in [0.15, 0.2) is 0 Å². The van der Waals surface area contributed by atoms with Crippen LogP contribution in [0.1, 0.15) is 28.4 Å². The van der Waals surface area contributed by atoms with Crippen LogP contribution in [0.5, 0.6) is 5.75 Å². The van der Waals surface area contributed by atoms with Crippen LogP contribution in [0.25, 0.3) is 33.1 Å². The first kappa shape index (κ1) is 30.6. The van der Waals surface area contributed by atoms with Crippen molar-refractivity contribution < 1.29 is 72.4 Å². The standard InChI is InChI=1S/C17H12F3NO3.C12H12N2.Eu/c1-2-21-13-10-6-4-3-5-9(10)7-8-11(13)14(22)12(16(21)24)15(23)17(18,19)20;1-9-3-5-13-11(7-9)12-8-10(2)4-6-14-12;/h3-8,22H,2H2,1H3;3-8H,1-2H3;. The quantitative estimate of drug-likeness (QED) is 0.178. The van der Waals surface area contributed by atoms with Crippen LogP contribution in [0.4, 0.5) is 13.2 Å². The maximum atomic E-state index is 12.8. The van der Waals surface area contributed by atoms with Crippen molar-refractivity contribution in [2.75, 3.05) is 0 Å². The van der Waals surface area contributed by atoms with Gasteiger partial charge in [0.05, 0.1) is 16.9 Å². The smallest absolute Gasteiger partial charge is 0.455 e. The predicted octanol–water partition coefficient (Wildman–Crippen LogP) is 6.39. The number of pyridine rings is 3. The molecular weight excluding hydrogens is 647 g/mol. The van der Waals surface area contributed by atoms with E-state index in [9.17, 15) is 27.9 Å². The largest absolute Gasteiger partial charge is 0.506 e. The third kappa shape index (κ3) is 6.45. The summed E-state index contributed by atoms with van der Waals surface area (Å²) in [5.74, 6) is -3.28. The van der Waals surface area contributed by atoms with E-state index >= 15 is 0 Å². The van der Waals surface area contributed by atoms with Crippen LogP contribution >= 0.6 is 0 Å². The van der Waals surface area contributed by atoms with Gasteiger partial charge in [0, 0.05) is 79.1 Å². The first-order chi connectivity index (χ1) is 18.0. The fraction of sp³-hybridized carbons (Fsp3) is 0.172. The summed E-state index contributed by atoms with van der Waals surface area (Å²) >= 11 is 0. The SMILES string of the molecule is CCn1c(=O)c(C(=O)C(F)(F)F)c(O)c2ccc3ccccc3c21.Cc1ccnc(-c2cc(C)ccn2)c1.[Eu]. The molecule has 3 heterocycles. The average molecular weight is 671 g/mol. The second kappa shape index (κ2) is 12.5. The molecule has 0 atom stereocenters. The minimum absolute atomic E-state index is 0. The molecule has 0 amide bonds. The molecule has 1 radical (unpaired) electrons. The zero-order chi connectivity index (χ0) is 27.6. The Balaban J connectivity index is 0.000000239. The fourth-order valence-electron chi connectivity index (χ4n) is 4.21. The number of rotatable bonds is 3. The third-order valence-electron chi connectivity index (χ3n) is 6.02. The van der Waals surface area contributed by atoms with Crippen molar-refractivity contribution in [1.29, 1.82) is 0 Å². The second-order valence-electron chi connectivity index (χ2n) is 8.72. The number of aromatic nitrogens is 3. The summed E-state index contributed by atoms with van der Waals surface area (Å²) in [6.07, 6.45) is -1.61. The average Bonchev–Trinajstić information content (AvgIpc) is 2.88. The van der Waals surface area contributed by atoms with Crippen molar-refractivity contribution in [1.82, 2.24) is 14.5 Å². The summed E-state index contributed by atoms with van der Waals surface area (Å²) in [7, 11) is 0. The Morgan fingerprint density at radius 2 is 1.46 bits per heavy atom. The van der Waals surface area contributed by atoms with Gasteiger partial charge in [-0.2, -0.15) is 13.2 Å². The van der Waals surface area contributed by atoms with Crippen LogP contribution in [0, 0.1) is 63.2 Å². The van der Waals surface area contributed by atoms with Crippen LogP contribution < -0.4 is 5.56 Å². The molecule has 0 aliphatic rings. The molecule has 0 fully saturated rings. The fourth-order valence-corrected chi connectivity index (χ4v) is 4.21. The Bertz CT molecular complexity index is 1690. The Morgan fingerprint density at radius 3 is 1.97 bits per heavy atom. The van der Waals surface area contributed by atoms with Crippen molar-refractivity contribution >= 4 is 27.5 Å². The molecule has 201 valence electrons. The van der Waals surface area contributed by atoms with Crippen LogP contribution in [0.3, 0.4) is 0 Å². The number of benzene rings is 2. The Hall–Kier alpha value is -2.95. The van der Waals surface area contributed by atoms with Crippen LogP contribution in [0.15, 0.2) is 77.9 Å². The topological polar surface area (TPSA) is 85.1 Å². The normalized spacial score (nSPS) is 11.0. The molecular formula is C29H24EuF3N3O3. The predicted molar refractivity (Wildman–Crippen MR) is 140 cm³/mol. The van der Waals surface area contributed by atoms with E-state index in [1.54, 1.807) is 37.3 Å². The molecule has 6 nitrogen and oxygen atoms in total. The molecule has 0 aliphatic carbocycles. The maximum absolute atomic E-state index is 12.8. The number of Topliss-reactive ketones (excluding diaryl/α,β-unsaturated/α-hetero) is 1. The zero-order valence-electron chi connectivity index (χ0n) is 21.3. The molecule has 3 aromatic heterocycles. The van der Waals surface area contributed by atoms with Gasteiger partial charge in [0.1, 0.15) is 11.3 Å². The Morgan fingerprint density at radius 1 is 0.897 bits per heavy atom. The number of carbonyl (C=O) groups excluding carboxylic acids is 1. The zero-order valence-corrected chi connectivity index (χ0v) is 23.7. The summed E-state index contributed by atoms with van der Waals surface area (Å²) in [6.45, 7) is 5.76. The van der Waals surface area contributed by atoms with Gasteiger partial charge in [-0.3, -0.25) is 19.6 Å². The van der Waals surface area contributed by atoms with E-state index in [1.165, 1.54) is 17.2 Å². The third-order valence-corrected chi connectivity index (χ3v) is 6.02. The summed E-state index contributed by atoms with van der Waals surface area (Å²) < 4.78 is 39.4. The molecule has 0 saturated heterocycles. The molecule has 0 saturated carbocycles. The van der Waals surface area contributed by atoms with E-state index in [1.807, 2.05) is 36.7 Å². The van der Waals surface area contributed by atoms with E-state index in [0.717, 1.165) is 21.3 Å². The number of fused-ring (bicyclic) bond motifs is 3. The van der Waals surface area contributed by atoms with Gasteiger partial charge < -0.3 is 9.67 Å². The van der Waals surface area contributed by atoms with Crippen LogP contribution in [-0.2, 0) is 6.54 Å². The molecule has 0 unspecified atom stereocenters. The summed E-state index contributed by atoms with van der Waals surface area (Å²) in [5, 5.41) is 11.6. The van der Waals surface area contributed by atoms with Crippen LogP contribution in [0.2, 0.25) is 0 Å². The first-order valence-corrected chi connectivity index (χ1v) is 11.8. The number of alkyl halides is 3. The van der Waals surface area contributed by atoms with Crippen molar-refractivity contribution in [2.45, 2.75) is 33.5 Å². The van der Waals surface area contributed by atoms with Gasteiger partial charge in [0.2, 0.25) is 0 Å². The number of nitrogens with zero attached hydrogens (tertiary/aromatic N) is 3. The molecule has 5 rings (SSSR count). The van der Waals surface area contributed by atoms with Gasteiger partial charge in [-0.25, -0.2) is 0 Å². The second-order valence-corrected chi connectivity index (χ2v) is 8.72. The number of carbonyl (C=O) groups is 1. The van der Waals surface area contributed by atoms with Crippen molar-refractivity contribution in [3.8, 4) is 17.1 Å². The summed E-state index contributed by atoms with van der Waals surface area (Å²) in [6, 6.07) is 18.1. The monoisotopic (exact) mass is 672 g/mol. The van der Waals surface area contributed by atoms with Crippen molar-refractivity contribution in [3.63, 3.8) is 0 Å². The first-order valence-electron chi connectivity index (χ1n) is 11.8. The molecule has 0 bridgehead atoms. The summed E-state index contributed by atoms with van der Waals surface area (Å²) in [4.78, 5) is 32.6. The van der Waals surface area contributed by atoms with E-state index < -0.39 is 28.8 Å². The molecule has 5 aromatic rings. The molecule has 0 aliphatic heterocycles. The molecule has 10 heteroatoms. The molecule has 2 aromatic carbocycles. The number of hydrogen-bond acceptors (Lipinski definition) is 5.